The van der Waals surface area contributed by atoms with Crippen molar-refractivity contribution in [2.75, 3.05) is 46.1 Å². The van der Waals surface area contributed by atoms with Crippen molar-refractivity contribution in [1.82, 2.24) is 24.2 Å². The summed E-state index contributed by atoms with van der Waals surface area (Å²) in [4.78, 5) is 19.4. The number of unbranched alkanes of at least 4 members (excludes halogenated alkanes) is 1. The largest absolute Gasteiger partial charge is 0.494 e. The van der Waals surface area contributed by atoms with Crippen molar-refractivity contribution in [2.45, 2.75) is 19.4 Å². The Kier molecular flexibility index (Phi) is 8.20. The molecule has 0 aliphatic carbocycles. The average Bonchev–Trinajstić information content (AvgIpc) is 3.41. The van der Waals surface area contributed by atoms with Crippen LogP contribution in [0.5, 0.6) is 11.5 Å². The van der Waals surface area contributed by atoms with Crippen LogP contribution in [0.4, 0.5) is 4.39 Å². The van der Waals surface area contributed by atoms with Crippen molar-refractivity contribution in [1.29, 1.82) is 0 Å². The number of aromatic nitrogens is 4. The molecule has 0 radical (unpaired) electrons. The number of hydrogen-bond acceptors (Lipinski definition) is 7. The van der Waals surface area contributed by atoms with Gasteiger partial charge in [-0.05, 0) is 67.9 Å². The standard InChI is InChI=1S/C31H32FN5O4/c32-24-4-3-23-10-13-36(28(23)21-24)30-7-8-31(38)37(34-30)16-20-41-29-9-11-33-27-22-25(5-6-26(27)29)40-17-2-1-12-35-14-18-39-19-15-35/h3-11,13,21-22H,1-2,12,14-20H2. The Morgan fingerprint density at radius 2 is 1.80 bits per heavy atom. The lowest BCUT2D eigenvalue weighted by Gasteiger charge is -2.26. The maximum absolute atomic E-state index is 13.8. The fourth-order valence-electron chi connectivity index (χ4n) is 5.04. The molecule has 0 atom stereocenters. The van der Waals surface area contributed by atoms with Gasteiger partial charge in [-0.15, -0.1) is 0 Å². The number of ether oxygens (including phenoxy) is 3. The highest BCUT2D eigenvalue weighted by molar-refractivity contribution is 5.86. The lowest BCUT2D eigenvalue weighted by Crippen LogP contribution is -2.36. The predicted octanol–water partition coefficient (Wildman–Crippen LogP) is 4.44. The van der Waals surface area contributed by atoms with Gasteiger partial charge in [0.15, 0.2) is 5.82 Å². The van der Waals surface area contributed by atoms with Gasteiger partial charge in [-0.3, -0.25) is 19.2 Å². The van der Waals surface area contributed by atoms with Gasteiger partial charge in [-0.2, -0.15) is 5.10 Å². The molecule has 0 amide bonds. The quantitative estimate of drug-likeness (QED) is 0.222. The number of morpholine rings is 1. The molecular formula is C31H32FN5O4. The van der Waals surface area contributed by atoms with E-state index in [0.29, 0.717) is 23.7 Å². The van der Waals surface area contributed by atoms with Gasteiger partial charge in [-0.1, -0.05) is 0 Å². The monoisotopic (exact) mass is 557 g/mol. The van der Waals surface area contributed by atoms with E-state index in [1.54, 1.807) is 22.9 Å². The van der Waals surface area contributed by atoms with Crippen LogP contribution in [-0.2, 0) is 11.3 Å². The van der Waals surface area contributed by atoms with Crippen molar-refractivity contribution in [3.63, 3.8) is 0 Å². The maximum Gasteiger partial charge on any atom is 0.266 e. The fourth-order valence-corrected chi connectivity index (χ4v) is 5.04. The SMILES string of the molecule is O=c1ccc(-n2ccc3ccc(F)cc32)nn1CCOc1ccnc2cc(OCCCCN3CCOCC3)ccc12. The molecule has 0 unspecified atom stereocenters. The third-order valence-corrected chi connectivity index (χ3v) is 7.23. The maximum atomic E-state index is 13.8. The lowest BCUT2D eigenvalue weighted by molar-refractivity contribution is 0.0368. The average molecular weight is 558 g/mol. The molecule has 1 aliphatic heterocycles. The number of rotatable bonds is 11. The molecule has 1 saturated heterocycles. The Morgan fingerprint density at radius 3 is 2.71 bits per heavy atom. The topological polar surface area (TPSA) is 83.6 Å². The molecule has 1 aliphatic rings. The van der Waals surface area contributed by atoms with Crippen LogP contribution in [0.3, 0.4) is 0 Å². The van der Waals surface area contributed by atoms with E-state index in [1.807, 2.05) is 36.5 Å². The summed E-state index contributed by atoms with van der Waals surface area (Å²) < 4.78 is 34.4. The van der Waals surface area contributed by atoms with Gasteiger partial charge in [0.05, 0.1) is 37.4 Å². The van der Waals surface area contributed by atoms with Gasteiger partial charge in [0.25, 0.3) is 5.56 Å². The minimum atomic E-state index is -0.332. The van der Waals surface area contributed by atoms with Crippen LogP contribution in [0.2, 0.25) is 0 Å². The zero-order valence-corrected chi connectivity index (χ0v) is 22.7. The first kappa shape index (κ1) is 26.9. The van der Waals surface area contributed by atoms with E-state index in [9.17, 15) is 9.18 Å². The molecule has 4 heterocycles. The Hall–Kier alpha value is -4.28. The van der Waals surface area contributed by atoms with Gasteiger partial charge >= 0.3 is 0 Å². The van der Waals surface area contributed by atoms with E-state index in [0.717, 1.165) is 67.7 Å². The molecule has 10 heteroatoms. The molecule has 1 fully saturated rings. The van der Waals surface area contributed by atoms with Gasteiger partial charge in [0.2, 0.25) is 0 Å². The highest BCUT2D eigenvalue weighted by Gasteiger charge is 2.11. The number of hydrogen-bond donors (Lipinski definition) is 0. The smallest absolute Gasteiger partial charge is 0.266 e. The first-order valence-corrected chi connectivity index (χ1v) is 13.9. The summed E-state index contributed by atoms with van der Waals surface area (Å²) in [6.45, 7) is 5.87. The minimum absolute atomic E-state index is 0.234. The van der Waals surface area contributed by atoms with Crippen molar-refractivity contribution in [3.05, 3.63) is 89.2 Å². The molecule has 5 aromatic rings. The second kappa shape index (κ2) is 12.5. The van der Waals surface area contributed by atoms with Crippen molar-refractivity contribution in [3.8, 4) is 17.3 Å². The van der Waals surface area contributed by atoms with Crippen LogP contribution in [0, 0.1) is 5.82 Å². The highest BCUT2D eigenvalue weighted by Crippen LogP contribution is 2.27. The van der Waals surface area contributed by atoms with E-state index in [2.05, 4.69) is 15.0 Å². The van der Waals surface area contributed by atoms with Crippen LogP contribution < -0.4 is 15.0 Å². The van der Waals surface area contributed by atoms with Crippen LogP contribution in [0.25, 0.3) is 27.6 Å². The summed E-state index contributed by atoms with van der Waals surface area (Å²) in [5.41, 5.74) is 1.21. The molecule has 2 aromatic carbocycles. The fraction of sp³-hybridized carbons (Fsp3) is 0.323. The molecule has 0 saturated carbocycles. The number of pyridine rings is 1. The summed E-state index contributed by atoms with van der Waals surface area (Å²) in [5, 5.41) is 6.24. The summed E-state index contributed by atoms with van der Waals surface area (Å²) >= 11 is 0. The third-order valence-electron chi connectivity index (χ3n) is 7.23. The van der Waals surface area contributed by atoms with Crippen LogP contribution in [0.1, 0.15) is 12.8 Å². The molecule has 41 heavy (non-hydrogen) atoms. The predicted molar refractivity (Wildman–Crippen MR) is 155 cm³/mol. The van der Waals surface area contributed by atoms with E-state index in [1.165, 1.54) is 22.9 Å². The van der Waals surface area contributed by atoms with E-state index in [4.69, 9.17) is 14.2 Å². The molecule has 0 N–H and O–H groups in total. The third kappa shape index (κ3) is 6.39. The lowest BCUT2D eigenvalue weighted by atomic mass is 10.2. The van der Waals surface area contributed by atoms with Crippen molar-refractivity contribution >= 4 is 21.8 Å². The summed E-state index contributed by atoms with van der Waals surface area (Å²) in [6, 6.07) is 17.2. The van der Waals surface area contributed by atoms with E-state index >= 15 is 0 Å². The molecule has 0 bridgehead atoms. The number of nitrogens with zero attached hydrogens (tertiary/aromatic N) is 5. The summed E-state index contributed by atoms with van der Waals surface area (Å²) in [6.07, 6.45) is 5.58. The molecule has 6 rings (SSSR count). The first-order chi connectivity index (χ1) is 20.1. The Balaban J connectivity index is 1.06. The number of halogens is 1. The molecule has 9 nitrogen and oxygen atoms in total. The van der Waals surface area contributed by atoms with Crippen LogP contribution >= 0.6 is 0 Å². The van der Waals surface area contributed by atoms with E-state index < -0.39 is 0 Å². The molecular weight excluding hydrogens is 525 g/mol. The Labute approximate surface area is 236 Å². The van der Waals surface area contributed by atoms with Crippen LogP contribution in [-0.4, -0.2) is 70.3 Å². The Bertz CT molecular complexity index is 1700. The van der Waals surface area contributed by atoms with Crippen molar-refractivity contribution in [2.24, 2.45) is 0 Å². The highest BCUT2D eigenvalue weighted by atomic mass is 19.1. The second-order valence-corrected chi connectivity index (χ2v) is 9.99. The molecule has 3 aromatic heterocycles. The number of fused-ring (bicyclic) bond motifs is 2. The summed E-state index contributed by atoms with van der Waals surface area (Å²) in [5.74, 6) is 1.64. The normalized spacial score (nSPS) is 14.1. The summed E-state index contributed by atoms with van der Waals surface area (Å²) in [7, 11) is 0. The van der Waals surface area contributed by atoms with Crippen LogP contribution in [0.15, 0.2) is 77.9 Å². The molecule has 0 spiro atoms. The first-order valence-electron chi connectivity index (χ1n) is 13.9. The zero-order valence-electron chi connectivity index (χ0n) is 22.7. The van der Waals surface area contributed by atoms with E-state index in [-0.39, 0.29) is 24.5 Å². The number of benzene rings is 2. The minimum Gasteiger partial charge on any atom is -0.494 e. The molecule has 212 valence electrons. The van der Waals surface area contributed by atoms with Gasteiger partial charge in [0, 0.05) is 48.4 Å². The van der Waals surface area contributed by atoms with Gasteiger partial charge in [0.1, 0.15) is 23.9 Å². The van der Waals surface area contributed by atoms with Crippen molar-refractivity contribution < 1.29 is 18.6 Å². The Morgan fingerprint density at radius 1 is 0.902 bits per heavy atom. The zero-order chi connectivity index (χ0) is 28.0. The second-order valence-electron chi connectivity index (χ2n) is 9.99. The van der Waals surface area contributed by atoms with Gasteiger partial charge < -0.3 is 14.2 Å². The van der Waals surface area contributed by atoms with Gasteiger partial charge in [-0.25, -0.2) is 9.07 Å².